The molecule has 0 atom stereocenters. The highest BCUT2D eigenvalue weighted by atomic mass is 16.1. The molecule has 4 rings (SSSR count). The van der Waals surface area contributed by atoms with E-state index in [0.29, 0.717) is 12.5 Å². The van der Waals surface area contributed by atoms with E-state index in [0.717, 1.165) is 36.8 Å². The number of nitrogens with zero attached hydrogens (tertiary/aromatic N) is 6. The Hall–Kier alpha value is -2.54. The highest BCUT2D eigenvalue weighted by molar-refractivity contribution is 5.36. The SMILES string of the molecule is CC(C)(C)c1ccc(=O)n(CC2CN(Cc3nnc4ccccn34)C2)n1. The number of likely N-dealkylation sites (tertiary alicyclic amines) is 1. The fourth-order valence-electron chi connectivity index (χ4n) is 3.34. The van der Waals surface area contributed by atoms with Crippen LogP contribution in [0.4, 0.5) is 0 Å². The summed E-state index contributed by atoms with van der Waals surface area (Å²) in [5.74, 6) is 1.39. The third-order valence-electron chi connectivity index (χ3n) is 4.85. The monoisotopic (exact) mass is 352 g/mol. The number of hydrogen-bond acceptors (Lipinski definition) is 5. The summed E-state index contributed by atoms with van der Waals surface area (Å²) in [5, 5.41) is 13.0. The Labute approximate surface area is 152 Å². The van der Waals surface area contributed by atoms with E-state index in [4.69, 9.17) is 0 Å². The molecule has 7 nitrogen and oxygen atoms in total. The molecular weight excluding hydrogens is 328 g/mol. The summed E-state index contributed by atoms with van der Waals surface area (Å²) in [6.45, 7) is 9.64. The molecule has 3 aromatic heterocycles. The maximum atomic E-state index is 12.1. The first kappa shape index (κ1) is 16.9. The lowest BCUT2D eigenvalue weighted by Gasteiger charge is -2.38. The van der Waals surface area contributed by atoms with Gasteiger partial charge < -0.3 is 0 Å². The van der Waals surface area contributed by atoms with Gasteiger partial charge in [0.15, 0.2) is 11.5 Å². The van der Waals surface area contributed by atoms with Gasteiger partial charge >= 0.3 is 0 Å². The Kier molecular flexibility index (Phi) is 4.11. The van der Waals surface area contributed by atoms with Crippen LogP contribution in [0.15, 0.2) is 41.3 Å². The van der Waals surface area contributed by atoms with E-state index in [1.807, 2.05) is 34.9 Å². The van der Waals surface area contributed by atoms with E-state index in [1.54, 1.807) is 10.7 Å². The molecule has 1 aliphatic heterocycles. The zero-order chi connectivity index (χ0) is 18.3. The van der Waals surface area contributed by atoms with Crippen LogP contribution < -0.4 is 5.56 Å². The number of aromatic nitrogens is 5. The fraction of sp³-hybridized carbons (Fsp3) is 0.474. The van der Waals surface area contributed by atoms with Crippen LogP contribution in [0.3, 0.4) is 0 Å². The molecule has 1 fully saturated rings. The number of fused-ring (bicyclic) bond motifs is 1. The summed E-state index contributed by atoms with van der Waals surface area (Å²) in [6.07, 6.45) is 1.99. The van der Waals surface area contributed by atoms with Crippen molar-refractivity contribution in [3.63, 3.8) is 0 Å². The average molecular weight is 352 g/mol. The van der Waals surface area contributed by atoms with Crippen LogP contribution in [0.1, 0.15) is 32.3 Å². The minimum absolute atomic E-state index is 0.0279. The lowest BCUT2D eigenvalue weighted by atomic mass is 9.92. The van der Waals surface area contributed by atoms with Gasteiger partial charge in [-0.05, 0) is 18.2 Å². The summed E-state index contributed by atoms with van der Waals surface area (Å²) >= 11 is 0. The van der Waals surface area contributed by atoms with E-state index in [-0.39, 0.29) is 11.0 Å². The molecule has 4 heterocycles. The van der Waals surface area contributed by atoms with Crippen LogP contribution in [0, 0.1) is 5.92 Å². The summed E-state index contributed by atoms with van der Waals surface area (Å²) in [6, 6.07) is 9.37. The topological polar surface area (TPSA) is 68.3 Å². The van der Waals surface area contributed by atoms with E-state index < -0.39 is 0 Å². The van der Waals surface area contributed by atoms with Crippen LogP contribution in [0.2, 0.25) is 0 Å². The van der Waals surface area contributed by atoms with Crippen LogP contribution in [-0.4, -0.2) is 42.4 Å². The predicted molar refractivity (Wildman–Crippen MR) is 99.0 cm³/mol. The van der Waals surface area contributed by atoms with Crippen LogP contribution in [0.5, 0.6) is 0 Å². The maximum absolute atomic E-state index is 12.1. The van der Waals surface area contributed by atoms with Crippen molar-refractivity contribution < 1.29 is 0 Å². The molecule has 0 unspecified atom stereocenters. The molecule has 0 bridgehead atoms. The molecular formula is C19H24N6O. The van der Waals surface area contributed by atoms with Crippen molar-refractivity contribution in [2.45, 2.75) is 39.3 Å². The molecule has 0 radical (unpaired) electrons. The molecule has 1 saturated heterocycles. The molecule has 7 heteroatoms. The zero-order valence-corrected chi connectivity index (χ0v) is 15.5. The van der Waals surface area contributed by atoms with Crippen molar-refractivity contribution in [2.75, 3.05) is 13.1 Å². The second-order valence-corrected chi connectivity index (χ2v) is 8.09. The summed E-state index contributed by atoms with van der Waals surface area (Å²) in [7, 11) is 0. The molecule has 0 spiro atoms. The minimum Gasteiger partial charge on any atom is -0.295 e. The predicted octanol–water partition coefficient (Wildman–Crippen LogP) is 1.72. The largest absolute Gasteiger partial charge is 0.295 e. The third-order valence-corrected chi connectivity index (χ3v) is 4.85. The van der Waals surface area contributed by atoms with Gasteiger partial charge in [-0.15, -0.1) is 10.2 Å². The van der Waals surface area contributed by atoms with Gasteiger partial charge in [0.1, 0.15) is 0 Å². The van der Waals surface area contributed by atoms with Crippen molar-refractivity contribution in [3.8, 4) is 0 Å². The first-order valence-electron chi connectivity index (χ1n) is 9.00. The average Bonchev–Trinajstić information content (AvgIpc) is 2.96. The first-order valence-corrected chi connectivity index (χ1v) is 9.00. The highest BCUT2D eigenvalue weighted by Gasteiger charge is 2.29. The Morgan fingerprint density at radius 2 is 1.92 bits per heavy atom. The highest BCUT2D eigenvalue weighted by Crippen LogP contribution is 2.21. The maximum Gasteiger partial charge on any atom is 0.266 e. The van der Waals surface area contributed by atoms with Gasteiger partial charge in [-0.25, -0.2) is 4.68 Å². The third kappa shape index (κ3) is 3.26. The Morgan fingerprint density at radius 3 is 2.69 bits per heavy atom. The molecule has 1 aliphatic rings. The summed E-state index contributed by atoms with van der Waals surface area (Å²) in [5.41, 5.74) is 1.73. The lowest BCUT2D eigenvalue weighted by Crippen LogP contribution is -2.49. The standard InChI is InChI=1S/C19H24N6O/c1-19(2,3)15-7-8-18(26)25(22-15)12-14-10-23(11-14)13-17-21-20-16-6-4-5-9-24(16)17/h4-9,14H,10-13H2,1-3H3. The Balaban J connectivity index is 1.39. The van der Waals surface area contributed by atoms with Crippen molar-refractivity contribution in [1.29, 1.82) is 0 Å². The van der Waals surface area contributed by atoms with E-state index >= 15 is 0 Å². The van der Waals surface area contributed by atoms with E-state index in [2.05, 4.69) is 41.0 Å². The van der Waals surface area contributed by atoms with Gasteiger partial charge in [-0.2, -0.15) is 5.10 Å². The molecule has 0 saturated carbocycles. The van der Waals surface area contributed by atoms with Crippen molar-refractivity contribution in [1.82, 2.24) is 29.3 Å². The Bertz CT molecular complexity index is 977. The molecule has 0 aliphatic carbocycles. The molecule has 0 amide bonds. The molecule has 136 valence electrons. The number of rotatable bonds is 4. The quantitative estimate of drug-likeness (QED) is 0.715. The normalized spacial score (nSPS) is 16.1. The van der Waals surface area contributed by atoms with Crippen LogP contribution in [-0.2, 0) is 18.5 Å². The van der Waals surface area contributed by atoms with Crippen molar-refractivity contribution in [3.05, 3.63) is 58.4 Å². The van der Waals surface area contributed by atoms with Gasteiger partial charge in [0.25, 0.3) is 5.56 Å². The van der Waals surface area contributed by atoms with Gasteiger partial charge in [0.05, 0.1) is 18.8 Å². The van der Waals surface area contributed by atoms with Crippen LogP contribution >= 0.6 is 0 Å². The van der Waals surface area contributed by atoms with E-state index in [1.165, 1.54) is 0 Å². The second-order valence-electron chi connectivity index (χ2n) is 8.09. The summed E-state index contributed by atoms with van der Waals surface area (Å²) < 4.78 is 3.64. The number of pyridine rings is 1. The zero-order valence-electron chi connectivity index (χ0n) is 15.5. The molecule has 0 aromatic carbocycles. The van der Waals surface area contributed by atoms with Crippen molar-refractivity contribution >= 4 is 5.65 Å². The van der Waals surface area contributed by atoms with Crippen molar-refractivity contribution in [2.24, 2.45) is 5.92 Å². The van der Waals surface area contributed by atoms with Gasteiger partial charge in [0.2, 0.25) is 0 Å². The molecule has 0 N–H and O–H groups in total. The molecule has 26 heavy (non-hydrogen) atoms. The Morgan fingerprint density at radius 1 is 1.12 bits per heavy atom. The first-order chi connectivity index (χ1) is 12.4. The lowest BCUT2D eigenvalue weighted by molar-refractivity contribution is 0.0734. The van der Waals surface area contributed by atoms with Gasteiger partial charge in [-0.1, -0.05) is 26.8 Å². The van der Waals surface area contributed by atoms with Gasteiger partial charge in [0, 0.05) is 36.7 Å². The smallest absolute Gasteiger partial charge is 0.266 e. The summed E-state index contributed by atoms with van der Waals surface area (Å²) in [4.78, 5) is 14.4. The van der Waals surface area contributed by atoms with Crippen LogP contribution in [0.25, 0.3) is 5.65 Å². The molecule has 3 aromatic rings. The number of hydrogen-bond donors (Lipinski definition) is 0. The van der Waals surface area contributed by atoms with E-state index in [9.17, 15) is 4.79 Å². The van der Waals surface area contributed by atoms with Gasteiger partial charge in [-0.3, -0.25) is 14.1 Å². The fourth-order valence-corrected chi connectivity index (χ4v) is 3.34. The second kappa shape index (κ2) is 6.32. The minimum atomic E-state index is -0.0597.